The number of pyridine rings is 2. The largest absolute Gasteiger partial charge is 0.456 e. The minimum Gasteiger partial charge on any atom is -0.456 e. The molecule has 11 heteroatoms. The Morgan fingerprint density at radius 1 is 0.968 bits per heavy atom. The fourth-order valence-corrected chi connectivity index (χ4v) is 3.10. The van der Waals surface area contributed by atoms with Gasteiger partial charge in [-0.05, 0) is 70.0 Å². The molecule has 2 atom stereocenters. The van der Waals surface area contributed by atoms with Crippen molar-refractivity contribution in [3.63, 3.8) is 0 Å². The fraction of sp³-hybridized carbons (Fsp3) is 0.450. The van der Waals surface area contributed by atoms with E-state index in [0.717, 1.165) is 13.8 Å². The maximum Gasteiger partial charge on any atom is 0.303 e. The van der Waals surface area contributed by atoms with E-state index in [2.05, 4.69) is 41.8 Å². The van der Waals surface area contributed by atoms with E-state index in [1.165, 1.54) is 13.0 Å². The maximum atomic E-state index is 13.0. The molecule has 0 aromatic carbocycles. The van der Waals surface area contributed by atoms with Gasteiger partial charge in [0.15, 0.2) is 0 Å². The molecule has 1 N–H and O–H groups in total. The zero-order valence-electron chi connectivity index (χ0n) is 17.0. The molecular formula is C20H22Br2F4N2O3. The van der Waals surface area contributed by atoms with Crippen molar-refractivity contribution in [2.45, 2.75) is 57.7 Å². The number of aliphatic hydroxyl groups excluding tert-OH is 1. The number of alkyl halides is 4. The summed E-state index contributed by atoms with van der Waals surface area (Å²) in [4.78, 5) is 18.8. The number of esters is 1. The van der Waals surface area contributed by atoms with Crippen LogP contribution in [0.5, 0.6) is 0 Å². The molecule has 2 heterocycles. The summed E-state index contributed by atoms with van der Waals surface area (Å²) in [6.07, 6.45) is -3.47. The average molecular weight is 574 g/mol. The van der Waals surface area contributed by atoms with Gasteiger partial charge >= 0.3 is 5.97 Å². The molecule has 0 radical (unpaired) electrons. The van der Waals surface area contributed by atoms with Crippen LogP contribution >= 0.6 is 31.9 Å². The smallest absolute Gasteiger partial charge is 0.303 e. The Morgan fingerprint density at radius 2 is 1.42 bits per heavy atom. The number of aliphatic hydroxyl groups is 1. The van der Waals surface area contributed by atoms with Gasteiger partial charge in [-0.1, -0.05) is 12.1 Å². The van der Waals surface area contributed by atoms with E-state index in [-0.39, 0.29) is 5.69 Å². The van der Waals surface area contributed by atoms with Crippen molar-refractivity contribution in [1.82, 2.24) is 9.97 Å². The summed E-state index contributed by atoms with van der Waals surface area (Å²) in [7, 11) is 0. The molecule has 172 valence electrons. The van der Waals surface area contributed by atoms with Crippen LogP contribution in [0.2, 0.25) is 0 Å². The van der Waals surface area contributed by atoms with Crippen molar-refractivity contribution in [1.29, 1.82) is 0 Å². The number of halogens is 6. The van der Waals surface area contributed by atoms with Crippen molar-refractivity contribution < 1.29 is 32.2 Å². The van der Waals surface area contributed by atoms with Crippen LogP contribution < -0.4 is 0 Å². The number of rotatable bonds is 7. The van der Waals surface area contributed by atoms with Gasteiger partial charge in [-0.25, -0.2) is 27.5 Å². The number of carbonyl (C=O) groups excluding carboxylic acids is 1. The second-order valence-corrected chi connectivity index (χ2v) is 8.56. The summed E-state index contributed by atoms with van der Waals surface area (Å²) in [6.45, 7) is 2.73. The zero-order valence-corrected chi connectivity index (χ0v) is 20.1. The van der Waals surface area contributed by atoms with E-state index in [1.807, 2.05) is 0 Å². The van der Waals surface area contributed by atoms with Gasteiger partial charge in [0.2, 0.25) is 11.8 Å². The topological polar surface area (TPSA) is 72.3 Å². The standard InChI is InChI=1S/C11H12BrF2NO2.C9H10BrF2NO/c1-7(16)17-9(6-11(2,13)14)8-4-3-5-10(12)15-8;1-9(11,12)5-7(14)6-3-2-4-8(10)13-6/h3-5,9H,6H2,1-2H3;2-4,7,14H,5H2,1H3. The highest BCUT2D eigenvalue weighted by Gasteiger charge is 2.30. The van der Waals surface area contributed by atoms with Crippen LogP contribution in [0.25, 0.3) is 0 Å². The van der Waals surface area contributed by atoms with E-state index in [0.29, 0.717) is 14.9 Å². The first kappa shape index (κ1) is 27.4. The molecular weight excluding hydrogens is 552 g/mol. The lowest BCUT2D eigenvalue weighted by atomic mass is 10.1. The van der Waals surface area contributed by atoms with Gasteiger partial charge in [0.1, 0.15) is 21.4 Å². The molecule has 2 aromatic rings. The highest BCUT2D eigenvalue weighted by molar-refractivity contribution is 9.10. The highest BCUT2D eigenvalue weighted by Crippen LogP contribution is 2.30. The molecule has 0 bridgehead atoms. The molecule has 0 aliphatic heterocycles. The summed E-state index contributed by atoms with van der Waals surface area (Å²) >= 11 is 6.24. The van der Waals surface area contributed by atoms with E-state index >= 15 is 0 Å². The molecule has 2 rings (SSSR count). The van der Waals surface area contributed by atoms with Crippen LogP contribution in [-0.4, -0.2) is 32.9 Å². The van der Waals surface area contributed by atoms with Crippen LogP contribution in [-0.2, 0) is 9.53 Å². The van der Waals surface area contributed by atoms with Gasteiger partial charge in [-0.15, -0.1) is 0 Å². The number of hydrogen-bond donors (Lipinski definition) is 1. The molecule has 0 saturated heterocycles. The number of carbonyl (C=O) groups is 1. The monoisotopic (exact) mass is 572 g/mol. The van der Waals surface area contributed by atoms with Crippen LogP contribution in [0, 0.1) is 0 Å². The van der Waals surface area contributed by atoms with Gasteiger partial charge in [0.05, 0.1) is 17.8 Å². The molecule has 5 nitrogen and oxygen atoms in total. The van der Waals surface area contributed by atoms with Crippen LogP contribution in [0.15, 0.2) is 45.6 Å². The molecule has 2 unspecified atom stereocenters. The lowest BCUT2D eigenvalue weighted by Gasteiger charge is -2.20. The predicted octanol–water partition coefficient (Wildman–Crippen LogP) is 6.42. The van der Waals surface area contributed by atoms with Gasteiger partial charge in [0, 0.05) is 13.3 Å². The zero-order chi connectivity index (χ0) is 23.8. The predicted molar refractivity (Wildman–Crippen MR) is 114 cm³/mol. The van der Waals surface area contributed by atoms with Crippen LogP contribution in [0.1, 0.15) is 57.2 Å². The average Bonchev–Trinajstić information content (AvgIpc) is 2.59. The lowest BCUT2D eigenvalue weighted by Crippen LogP contribution is -2.20. The molecule has 0 spiro atoms. The molecule has 0 saturated carbocycles. The van der Waals surface area contributed by atoms with Crippen molar-refractivity contribution in [2.75, 3.05) is 0 Å². The molecule has 31 heavy (non-hydrogen) atoms. The van der Waals surface area contributed by atoms with Crippen LogP contribution in [0.4, 0.5) is 17.6 Å². The number of aromatic nitrogens is 2. The van der Waals surface area contributed by atoms with Crippen LogP contribution in [0.3, 0.4) is 0 Å². The minimum absolute atomic E-state index is 0.251. The summed E-state index contributed by atoms with van der Waals surface area (Å²) in [5.74, 6) is -6.42. The first-order valence-electron chi connectivity index (χ1n) is 9.02. The van der Waals surface area contributed by atoms with Gasteiger partial charge in [-0.3, -0.25) is 4.79 Å². The van der Waals surface area contributed by atoms with Gasteiger partial charge in [-0.2, -0.15) is 0 Å². The van der Waals surface area contributed by atoms with Crippen molar-refractivity contribution in [3.8, 4) is 0 Å². The van der Waals surface area contributed by atoms with E-state index in [9.17, 15) is 27.5 Å². The number of ether oxygens (including phenoxy) is 1. The first-order chi connectivity index (χ1) is 14.2. The third-order valence-electron chi connectivity index (χ3n) is 3.55. The van der Waals surface area contributed by atoms with Gasteiger partial charge < -0.3 is 9.84 Å². The Kier molecular flexibility index (Phi) is 10.5. The summed E-state index contributed by atoms with van der Waals surface area (Å²) in [5.41, 5.74) is 0.553. The van der Waals surface area contributed by atoms with E-state index in [4.69, 9.17) is 4.74 Å². The minimum atomic E-state index is -2.93. The molecule has 2 aromatic heterocycles. The summed E-state index contributed by atoms with van der Waals surface area (Å²) in [6, 6.07) is 9.68. The van der Waals surface area contributed by atoms with Crippen molar-refractivity contribution in [3.05, 3.63) is 57.0 Å². The van der Waals surface area contributed by atoms with E-state index in [1.54, 1.807) is 30.3 Å². The number of hydrogen-bond acceptors (Lipinski definition) is 5. The Hall–Kier alpha value is -1.59. The van der Waals surface area contributed by atoms with Gasteiger partial charge in [0.25, 0.3) is 0 Å². The third kappa shape index (κ3) is 12.1. The second-order valence-electron chi connectivity index (χ2n) is 6.93. The van der Waals surface area contributed by atoms with Crippen molar-refractivity contribution in [2.24, 2.45) is 0 Å². The number of nitrogens with zero attached hydrogens (tertiary/aromatic N) is 2. The quantitative estimate of drug-likeness (QED) is 0.235. The Balaban J connectivity index is 0.000000316. The Bertz CT molecular complexity index is 861. The van der Waals surface area contributed by atoms with E-state index < -0.39 is 42.9 Å². The summed E-state index contributed by atoms with van der Waals surface area (Å²) in [5, 5.41) is 9.42. The lowest BCUT2D eigenvalue weighted by molar-refractivity contribution is -0.151. The fourth-order valence-electron chi connectivity index (χ4n) is 2.39. The maximum absolute atomic E-state index is 13.0. The molecule has 0 aliphatic carbocycles. The highest BCUT2D eigenvalue weighted by atomic mass is 79.9. The summed E-state index contributed by atoms with van der Waals surface area (Å²) < 4.78 is 57.0. The normalized spacial score (nSPS) is 13.6. The Morgan fingerprint density at radius 3 is 1.84 bits per heavy atom. The third-order valence-corrected chi connectivity index (χ3v) is 4.43. The molecule has 0 amide bonds. The van der Waals surface area contributed by atoms with Crippen molar-refractivity contribution >= 4 is 37.8 Å². The first-order valence-corrected chi connectivity index (χ1v) is 10.6. The SMILES string of the molecule is CC(=O)OC(CC(C)(F)F)c1cccc(Br)n1.CC(F)(F)CC(O)c1cccc(Br)n1. The molecule has 0 aliphatic rings. The Labute approximate surface area is 194 Å². The molecule has 0 fully saturated rings. The second kappa shape index (κ2) is 11.9.